The highest BCUT2D eigenvalue weighted by Crippen LogP contribution is 2.24. The van der Waals surface area contributed by atoms with E-state index in [4.69, 9.17) is 9.47 Å². The molecule has 1 amide bonds. The van der Waals surface area contributed by atoms with Crippen molar-refractivity contribution in [1.82, 2.24) is 15.2 Å². The Morgan fingerprint density at radius 3 is 2.73 bits per heavy atom. The van der Waals surface area contributed by atoms with Crippen LogP contribution in [0.4, 0.5) is 0 Å². The van der Waals surface area contributed by atoms with E-state index in [1.807, 2.05) is 31.2 Å². The maximum Gasteiger partial charge on any atom is 0.251 e. The minimum Gasteiger partial charge on any atom is -0.381 e. The molecule has 0 radical (unpaired) electrons. The molecule has 162 valence electrons. The van der Waals surface area contributed by atoms with Crippen LogP contribution in [-0.2, 0) is 15.2 Å². The number of hydrogen-bond acceptors (Lipinski definition) is 7. The van der Waals surface area contributed by atoms with Gasteiger partial charge in [-0.05, 0) is 37.6 Å². The van der Waals surface area contributed by atoms with Crippen LogP contribution in [0.15, 0.2) is 34.5 Å². The molecule has 2 atom stereocenters. The molecular formula is C22H29N3O3S2. The van der Waals surface area contributed by atoms with Crippen LogP contribution in [0.2, 0.25) is 0 Å². The normalized spacial score (nSPS) is 20.9. The first-order valence-electron chi connectivity index (χ1n) is 10.5. The third kappa shape index (κ3) is 5.82. The Morgan fingerprint density at radius 1 is 1.27 bits per heavy atom. The molecular weight excluding hydrogens is 418 g/mol. The number of amides is 1. The van der Waals surface area contributed by atoms with Gasteiger partial charge < -0.3 is 14.8 Å². The summed E-state index contributed by atoms with van der Waals surface area (Å²) in [6.45, 7) is 7.63. The SMILES string of the molecule is Cc1nc(CSc2ccc(C(=O)NCC(C3CCOC3)N3CCOCC3)cc2)cs1. The molecule has 0 aliphatic carbocycles. The molecule has 1 aromatic carbocycles. The fraction of sp³-hybridized carbons (Fsp3) is 0.545. The fourth-order valence-corrected chi connectivity index (χ4v) is 5.50. The number of morpholine rings is 1. The number of thiazole rings is 1. The molecule has 0 bridgehead atoms. The lowest BCUT2D eigenvalue weighted by molar-refractivity contribution is 0.00166. The minimum atomic E-state index is -0.0150. The van der Waals surface area contributed by atoms with Crippen molar-refractivity contribution in [2.45, 2.75) is 30.0 Å². The number of aryl methyl sites for hydroxylation is 1. The Hall–Kier alpha value is -1.45. The lowest BCUT2D eigenvalue weighted by Gasteiger charge is -2.37. The van der Waals surface area contributed by atoms with Gasteiger partial charge in [0.2, 0.25) is 0 Å². The van der Waals surface area contributed by atoms with Crippen LogP contribution in [0.1, 0.15) is 27.5 Å². The summed E-state index contributed by atoms with van der Waals surface area (Å²) >= 11 is 3.42. The zero-order valence-electron chi connectivity index (χ0n) is 17.3. The number of nitrogens with zero attached hydrogens (tertiary/aromatic N) is 2. The molecule has 0 spiro atoms. The van der Waals surface area contributed by atoms with Gasteiger partial charge in [0.1, 0.15) is 0 Å². The monoisotopic (exact) mass is 447 g/mol. The number of carbonyl (C=O) groups is 1. The third-order valence-electron chi connectivity index (χ3n) is 5.67. The molecule has 30 heavy (non-hydrogen) atoms. The molecule has 2 unspecified atom stereocenters. The van der Waals surface area contributed by atoms with Gasteiger partial charge in [-0.1, -0.05) is 0 Å². The number of nitrogens with one attached hydrogen (secondary N) is 1. The Morgan fingerprint density at radius 2 is 2.07 bits per heavy atom. The third-order valence-corrected chi connectivity index (χ3v) is 7.53. The van der Waals surface area contributed by atoms with Crippen LogP contribution < -0.4 is 5.32 Å². The van der Waals surface area contributed by atoms with Crippen LogP contribution in [-0.4, -0.2) is 67.9 Å². The van der Waals surface area contributed by atoms with Crippen molar-refractivity contribution in [3.05, 3.63) is 45.9 Å². The van der Waals surface area contributed by atoms with Gasteiger partial charge in [0, 0.05) is 59.8 Å². The van der Waals surface area contributed by atoms with Crippen LogP contribution in [0.25, 0.3) is 0 Å². The van der Waals surface area contributed by atoms with Gasteiger partial charge >= 0.3 is 0 Å². The molecule has 2 aromatic rings. The first-order chi connectivity index (χ1) is 14.7. The van der Waals surface area contributed by atoms with Crippen LogP contribution in [0.5, 0.6) is 0 Å². The molecule has 1 aromatic heterocycles. The number of hydrogen-bond donors (Lipinski definition) is 1. The van der Waals surface area contributed by atoms with Gasteiger partial charge in [0.25, 0.3) is 5.91 Å². The lowest BCUT2D eigenvalue weighted by atomic mass is 9.96. The summed E-state index contributed by atoms with van der Waals surface area (Å²) in [6.07, 6.45) is 1.06. The molecule has 2 aliphatic rings. The number of carbonyl (C=O) groups excluding carboxylic acids is 1. The van der Waals surface area contributed by atoms with Gasteiger partial charge in [-0.25, -0.2) is 4.98 Å². The Kier molecular flexibility index (Phi) is 7.78. The first-order valence-corrected chi connectivity index (χ1v) is 12.4. The van der Waals surface area contributed by atoms with Gasteiger partial charge in [-0.3, -0.25) is 9.69 Å². The number of thioether (sulfide) groups is 1. The van der Waals surface area contributed by atoms with Crippen molar-refractivity contribution in [3.63, 3.8) is 0 Å². The van der Waals surface area contributed by atoms with E-state index in [1.165, 1.54) is 0 Å². The van der Waals surface area contributed by atoms with E-state index in [2.05, 4.69) is 20.6 Å². The summed E-state index contributed by atoms with van der Waals surface area (Å²) in [6, 6.07) is 8.15. The number of aromatic nitrogens is 1. The second kappa shape index (κ2) is 10.7. The maximum absolute atomic E-state index is 12.7. The Labute approximate surface area is 186 Å². The standard InChI is InChI=1S/C22H29N3O3S2/c1-16-24-19(14-29-16)15-30-20-4-2-17(3-5-20)22(26)23-12-21(18-6-9-28-13-18)25-7-10-27-11-8-25/h2-5,14,18,21H,6-13,15H2,1H3,(H,23,26). The summed E-state index contributed by atoms with van der Waals surface area (Å²) in [7, 11) is 0. The van der Waals surface area contributed by atoms with E-state index in [1.54, 1.807) is 23.1 Å². The molecule has 2 aliphatic heterocycles. The van der Waals surface area contributed by atoms with Crippen molar-refractivity contribution in [2.24, 2.45) is 5.92 Å². The average Bonchev–Trinajstić information content (AvgIpc) is 3.45. The lowest BCUT2D eigenvalue weighted by Crippen LogP contribution is -2.52. The van der Waals surface area contributed by atoms with Crippen molar-refractivity contribution < 1.29 is 14.3 Å². The molecule has 1 N–H and O–H groups in total. The summed E-state index contributed by atoms with van der Waals surface area (Å²) < 4.78 is 11.1. The Balaban J connectivity index is 1.30. The van der Waals surface area contributed by atoms with Crippen molar-refractivity contribution in [2.75, 3.05) is 46.1 Å². The number of rotatable bonds is 8. The molecule has 0 saturated carbocycles. The quantitative estimate of drug-likeness (QED) is 0.627. The van der Waals surface area contributed by atoms with Gasteiger partial charge in [-0.15, -0.1) is 23.1 Å². The average molecular weight is 448 g/mol. The predicted octanol–water partition coefficient (Wildman–Crippen LogP) is 3.21. The van der Waals surface area contributed by atoms with E-state index in [9.17, 15) is 4.79 Å². The smallest absolute Gasteiger partial charge is 0.251 e. The highest BCUT2D eigenvalue weighted by Gasteiger charge is 2.31. The number of ether oxygens (including phenoxy) is 2. The second-order valence-corrected chi connectivity index (χ2v) is 9.83. The molecule has 3 heterocycles. The minimum absolute atomic E-state index is 0.0150. The topological polar surface area (TPSA) is 63.7 Å². The maximum atomic E-state index is 12.7. The first kappa shape index (κ1) is 21.8. The van der Waals surface area contributed by atoms with Crippen LogP contribution >= 0.6 is 23.1 Å². The van der Waals surface area contributed by atoms with Crippen molar-refractivity contribution in [3.8, 4) is 0 Å². The number of benzene rings is 1. The second-order valence-electron chi connectivity index (χ2n) is 7.72. The van der Waals surface area contributed by atoms with E-state index in [-0.39, 0.29) is 5.91 Å². The zero-order chi connectivity index (χ0) is 20.8. The van der Waals surface area contributed by atoms with Gasteiger partial charge in [-0.2, -0.15) is 0 Å². The van der Waals surface area contributed by atoms with Crippen LogP contribution in [0, 0.1) is 12.8 Å². The van der Waals surface area contributed by atoms with Crippen molar-refractivity contribution >= 4 is 29.0 Å². The largest absolute Gasteiger partial charge is 0.381 e. The van der Waals surface area contributed by atoms with E-state index >= 15 is 0 Å². The van der Waals surface area contributed by atoms with E-state index in [0.29, 0.717) is 24.1 Å². The summed E-state index contributed by atoms with van der Waals surface area (Å²) in [5.74, 6) is 1.30. The summed E-state index contributed by atoms with van der Waals surface area (Å²) in [4.78, 5) is 20.8. The van der Waals surface area contributed by atoms with E-state index < -0.39 is 0 Å². The molecule has 4 rings (SSSR count). The molecule has 2 fully saturated rings. The molecule has 2 saturated heterocycles. The highest BCUT2D eigenvalue weighted by molar-refractivity contribution is 7.98. The van der Waals surface area contributed by atoms with Crippen LogP contribution in [0.3, 0.4) is 0 Å². The van der Waals surface area contributed by atoms with Gasteiger partial charge in [0.05, 0.1) is 30.5 Å². The predicted molar refractivity (Wildman–Crippen MR) is 120 cm³/mol. The fourth-order valence-electron chi connectivity index (χ4n) is 3.99. The van der Waals surface area contributed by atoms with E-state index in [0.717, 1.165) is 67.3 Å². The van der Waals surface area contributed by atoms with Gasteiger partial charge in [0.15, 0.2) is 0 Å². The van der Waals surface area contributed by atoms with Crippen molar-refractivity contribution in [1.29, 1.82) is 0 Å². The highest BCUT2D eigenvalue weighted by atomic mass is 32.2. The summed E-state index contributed by atoms with van der Waals surface area (Å²) in [5, 5.41) is 6.36. The zero-order valence-corrected chi connectivity index (χ0v) is 19.0. The Bertz CT molecular complexity index is 815. The molecule has 8 heteroatoms. The molecule has 6 nitrogen and oxygen atoms in total. The summed E-state index contributed by atoms with van der Waals surface area (Å²) in [5.41, 5.74) is 1.81.